The molecule has 0 atom stereocenters. The Kier molecular flexibility index (Phi) is 4.13. The number of hydrogen-bond donors (Lipinski definition) is 2. The van der Waals surface area contributed by atoms with Crippen molar-refractivity contribution in [1.29, 1.82) is 0 Å². The Morgan fingerprint density at radius 1 is 1.37 bits per heavy atom. The van der Waals surface area contributed by atoms with E-state index in [0.717, 1.165) is 6.42 Å². The molecular formula is C11H15N5O2S. The molecule has 3 N–H and O–H groups in total. The molecule has 0 fully saturated rings. The van der Waals surface area contributed by atoms with Crippen molar-refractivity contribution < 1.29 is 8.42 Å². The van der Waals surface area contributed by atoms with E-state index in [2.05, 4.69) is 14.8 Å². The number of nitrogens with one attached hydrogen (secondary N) is 1. The predicted octanol–water partition coefficient (Wildman–Crippen LogP) is 0.428. The Labute approximate surface area is 111 Å². The highest BCUT2D eigenvalue weighted by Gasteiger charge is 2.16. The largest absolute Gasteiger partial charge is 0.330 e. The molecule has 0 unspecified atom stereocenters. The summed E-state index contributed by atoms with van der Waals surface area (Å²) in [6.45, 7) is 1.13. The zero-order valence-corrected chi connectivity index (χ0v) is 11.0. The van der Waals surface area contributed by atoms with E-state index >= 15 is 0 Å². The van der Waals surface area contributed by atoms with Crippen molar-refractivity contribution in [3.05, 3.63) is 36.8 Å². The summed E-state index contributed by atoms with van der Waals surface area (Å²) in [5.74, 6) is 0.275. The van der Waals surface area contributed by atoms with Gasteiger partial charge >= 0.3 is 0 Å². The summed E-state index contributed by atoms with van der Waals surface area (Å²) < 4.78 is 28.1. The summed E-state index contributed by atoms with van der Waals surface area (Å²) in [4.78, 5) is 4.02. The van der Waals surface area contributed by atoms with E-state index in [0.29, 0.717) is 13.1 Å². The number of rotatable bonds is 6. The van der Waals surface area contributed by atoms with Crippen LogP contribution in [0.15, 0.2) is 41.7 Å². The van der Waals surface area contributed by atoms with Gasteiger partial charge in [-0.15, -0.1) is 0 Å². The molecule has 0 radical (unpaired) electrons. The van der Waals surface area contributed by atoms with Gasteiger partial charge in [-0.2, -0.15) is 5.10 Å². The third-order valence-corrected chi connectivity index (χ3v) is 3.72. The molecule has 0 amide bonds. The van der Waals surface area contributed by atoms with Crippen molar-refractivity contribution in [3.8, 4) is 0 Å². The fourth-order valence-corrected chi connectivity index (χ4v) is 2.44. The number of aryl methyl sites for hydroxylation is 1. The molecule has 102 valence electrons. The molecule has 7 nitrogen and oxygen atoms in total. The molecule has 0 spiro atoms. The van der Waals surface area contributed by atoms with Crippen LogP contribution in [0.25, 0.3) is 0 Å². The first kappa shape index (κ1) is 13.5. The van der Waals surface area contributed by atoms with Gasteiger partial charge in [0.15, 0.2) is 0 Å². The summed E-state index contributed by atoms with van der Waals surface area (Å²) in [6.07, 6.45) is 5.04. The summed E-state index contributed by atoms with van der Waals surface area (Å²) in [5, 5.41) is 3.98. The van der Waals surface area contributed by atoms with Crippen molar-refractivity contribution in [1.82, 2.24) is 14.8 Å². The minimum absolute atomic E-state index is 0.107. The zero-order chi connectivity index (χ0) is 13.7. The van der Waals surface area contributed by atoms with Gasteiger partial charge < -0.3 is 5.73 Å². The van der Waals surface area contributed by atoms with E-state index in [9.17, 15) is 8.42 Å². The number of aromatic nitrogens is 3. The van der Waals surface area contributed by atoms with Gasteiger partial charge in [0, 0.05) is 18.9 Å². The predicted molar refractivity (Wildman–Crippen MR) is 70.9 cm³/mol. The Hall–Kier alpha value is -1.93. The van der Waals surface area contributed by atoms with Crippen LogP contribution in [0.2, 0.25) is 0 Å². The van der Waals surface area contributed by atoms with Crippen LogP contribution in [0, 0.1) is 0 Å². The van der Waals surface area contributed by atoms with Crippen LogP contribution < -0.4 is 10.5 Å². The molecule has 0 aliphatic rings. The number of pyridine rings is 1. The number of sulfonamides is 1. The van der Waals surface area contributed by atoms with Crippen LogP contribution >= 0.6 is 0 Å². The van der Waals surface area contributed by atoms with Crippen LogP contribution in [0.3, 0.4) is 0 Å². The summed E-state index contributed by atoms with van der Waals surface area (Å²) in [6, 6.07) is 4.99. The molecule has 0 aromatic carbocycles. The first-order valence-electron chi connectivity index (χ1n) is 5.78. The highest BCUT2D eigenvalue weighted by atomic mass is 32.2. The van der Waals surface area contributed by atoms with Crippen LogP contribution in [0.1, 0.15) is 6.42 Å². The van der Waals surface area contributed by atoms with Gasteiger partial charge in [-0.3, -0.25) is 9.40 Å². The fraction of sp³-hybridized carbons (Fsp3) is 0.273. The highest BCUT2D eigenvalue weighted by molar-refractivity contribution is 7.92. The molecule has 2 rings (SSSR count). The van der Waals surface area contributed by atoms with E-state index in [4.69, 9.17) is 5.73 Å². The lowest BCUT2D eigenvalue weighted by molar-refractivity contribution is 0.582. The molecule has 0 saturated carbocycles. The first-order valence-corrected chi connectivity index (χ1v) is 7.26. The normalized spacial score (nSPS) is 11.4. The smallest absolute Gasteiger partial charge is 0.266 e. The second-order valence-corrected chi connectivity index (χ2v) is 5.58. The average Bonchev–Trinajstić information content (AvgIpc) is 2.86. The van der Waals surface area contributed by atoms with Crippen molar-refractivity contribution in [2.24, 2.45) is 5.73 Å². The molecule has 0 aliphatic carbocycles. The maximum Gasteiger partial charge on any atom is 0.266 e. The van der Waals surface area contributed by atoms with Crippen LogP contribution in [0.5, 0.6) is 0 Å². The topological polar surface area (TPSA) is 103 Å². The van der Waals surface area contributed by atoms with Crippen molar-refractivity contribution in [2.45, 2.75) is 17.9 Å². The summed E-state index contributed by atoms with van der Waals surface area (Å²) >= 11 is 0. The Balaban J connectivity index is 2.13. The molecule has 8 heteroatoms. The Morgan fingerprint density at radius 2 is 2.21 bits per heavy atom. The Bertz CT molecular complexity index is 624. The van der Waals surface area contributed by atoms with Crippen molar-refractivity contribution >= 4 is 15.8 Å². The van der Waals surface area contributed by atoms with Gasteiger partial charge in [-0.25, -0.2) is 13.4 Å². The van der Waals surface area contributed by atoms with Crippen LogP contribution in [-0.4, -0.2) is 29.7 Å². The molecule has 19 heavy (non-hydrogen) atoms. The number of nitrogens with zero attached hydrogens (tertiary/aromatic N) is 3. The van der Waals surface area contributed by atoms with Crippen molar-refractivity contribution in [3.63, 3.8) is 0 Å². The lowest BCUT2D eigenvalue weighted by Gasteiger charge is -2.04. The van der Waals surface area contributed by atoms with Gasteiger partial charge in [0.25, 0.3) is 10.0 Å². The van der Waals surface area contributed by atoms with E-state index in [1.807, 2.05) is 0 Å². The standard InChI is InChI=1S/C11H15N5O2S/c12-5-3-7-16-9-10(8-14-16)19(17,18)15-11-4-1-2-6-13-11/h1-2,4,6,8-9H,3,5,7,12H2,(H,13,15). The van der Waals surface area contributed by atoms with Gasteiger partial charge in [0.1, 0.15) is 10.7 Å². The summed E-state index contributed by atoms with van der Waals surface area (Å²) in [5.41, 5.74) is 5.39. The van der Waals surface area contributed by atoms with Crippen molar-refractivity contribution in [2.75, 3.05) is 11.3 Å². The lowest BCUT2D eigenvalue weighted by atomic mass is 10.4. The first-order chi connectivity index (χ1) is 9.12. The van der Waals surface area contributed by atoms with Crippen LogP contribution in [-0.2, 0) is 16.6 Å². The summed E-state index contributed by atoms with van der Waals surface area (Å²) in [7, 11) is -3.64. The lowest BCUT2D eigenvalue weighted by Crippen LogP contribution is -2.13. The second-order valence-electron chi connectivity index (χ2n) is 3.90. The minimum Gasteiger partial charge on any atom is -0.330 e. The maximum atomic E-state index is 12.1. The van der Waals surface area contributed by atoms with Gasteiger partial charge in [-0.1, -0.05) is 6.07 Å². The SMILES string of the molecule is NCCCn1cc(S(=O)(=O)Nc2ccccn2)cn1. The average molecular weight is 281 g/mol. The molecule has 0 bridgehead atoms. The monoisotopic (exact) mass is 281 g/mol. The minimum atomic E-state index is -3.64. The maximum absolute atomic E-state index is 12.1. The van der Waals surface area contributed by atoms with E-state index in [1.54, 1.807) is 22.9 Å². The zero-order valence-electron chi connectivity index (χ0n) is 10.2. The van der Waals surface area contributed by atoms with E-state index < -0.39 is 10.0 Å². The highest BCUT2D eigenvalue weighted by Crippen LogP contribution is 2.12. The third kappa shape index (κ3) is 3.52. The number of anilines is 1. The quantitative estimate of drug-likeness (QED) is 0.799. The third-order valence-electron chi connectivity index (χ3n) is 2.42. The molecule has 2 aromatic rings. The molecule has 0 saturated heterocycles. The Morgan fingerprint density at radius 3 is 2.89 bits per heavy atom. The molecule has 2 heterocycles. The molecular weight excluding hydrogens is 266 g/mol. The van der Waals surface area contributed by atoms with Gasteiger partial charge in [0.05, 0.1) is 6.20 Å². The number of hydrogen-bond acceptors (Lipinski definition) is 5. The second kappa shape index (κ2) is 5.81. The number of nitrogens with two attached hydrogens (primary N) is 1. The van der Waals surface area contributed by atoms with Crippen LogP contribution in [0.4, 0.5) is 5.82 Å². The van der Waals surface area contributed by atoms with E-state index in [1.165, 1.54) is 18.6 Å². The fourth-order valence-electron chi connectivity index (χ4n) is 1.48. The van der Waals surface area contributed by atoms with Gasteiger partial charge in [0.2, 0.25) is 0 Å². The molecule has 2 aromatic heterocycles. The van der Waals surface area contributed by atoms with E-state index in [-0.39, 0.29) is 10.7 Å². The van der Waals surface area contributed by atoms with Gasteiger partial charge in [-0.05, 0) is 25.1 Å². The molecule has 0 aliphatic heterocycles.